The van der Waals surface area contributed by atoms with Crippen LogP contribution in [0, 0.1) is 0 Å². The average molecular weight is 565 g/mol. The molecule has 0 bridgehead atoms. The van der Waals surface area contributed by atoms with Crippen LogP contribution < -0.4 is 10.2 Å². The number of carbonyl (C=O) groups excluding carboxylic acids is 3. The van der Waals surface area contributed by atoms with Crippen LogP contribution in [0.1, 0.15) is 40.7 Å². The van der Waals surface area contributed by atoms with Crippen molar-refractivity contribution in [3.8, 4) is 0 Å². The van der Waals surface area contributed by atoms with Crippen LogP contribution in [0.4, 0.5) is 17.1 Å². The first-order valence-electron chi connectivity index (χ1n) is 13.6. The molecule has 0 aliphatic carbocycles. The molecule has 0 radical (unpaired) electrons. The molecule has 1 unspecified atom stereocenters. The number of esters is 1. The maximum absolute atomic E-state index is 13.4. The third-order valence-electron chi connectivity index (χ3n) is 7.20. The Balaban J connectivity index is 1.55. The SMILES string of the molecule is COC(=O)c1ccc2c(c1)NC(=O)C2C(=Nc1ccc(N(CCCN(C)C)C(C)=O)cc1)c1ccc2cnncc2c1. The van der Waals surface area contributed by atoms with E-state index in [4.69, 9.17) is 9.73 Å². The minimum Gasteiger partial charge on any atom is -0.465 e. The van der Waals surface area contributed by atoms with Crippen LogP contribution in [0.5, 0.6) is 0 Å². The summed E-state index contributed by atoms with van der Waals surface area (Å²) in [4.78, 5) is 46.8. The van der Waals surface area contributed by atoms with E-state index in [2.05, 4.69) is 20.4 Å². The number of benzene rings is 3. The largest absolute Gasteiger partial charge is 0.465 e. The van der Waals surface area contributed by atoms with Gasteiger partial charge in [0.25, 0.3) is 0 Å². The molecule has 10 nitrogen and oxygen atoms in total. The summed E-state index contributed by atoms with van der Waals surface area (Å²) < 4.78 is 4.85. The summed E-state index contributed by atoms with van der Waals surface area (Å²) >= 11 is 0. The number of aliphatic imine (C=N–C) groups is 1. The fraction of sp³-hybridized carbons (Fsp3) is 0.250. The van der Waals surface area contributed by atoms with Crippen molar-refractivity contribution in [1.82, 2.24) is 15.1 Å². The third-order valence-corrected chi connectivity index (χ3v) is 7.20. The molecule has 1 aliphatic heterocycles. The van der Waals surface area contributed by atoms with Gasteiger partial charge in [-0.25, -0.2) is 4.79 Å². The molecule has 1 aliphatic rings. The molecule has 0 fully saturated rings. The number of hydrogen-bond acceptors (Lipinski definition) is 8. The molecule has 0 spiro atoms. The Morgan fingerprint density at radius 3 is 2.33 bits per heavy atom. The highest BCUT2D eigenvalue weighted by molar-refractivity contribution is 6.24. The molecule has 0 saturated carbocycles. The smallest absolute Gasteiger partial charge is 0.337 e. The van der Waals surface area contributed by atoms with Gasteiger partial charge in [0.2, 0.25) is 11.8 Å². The van der Waals surface area contributed by atoms with E-state index in [0.717, 1.165) is 35.0 Å². The summed E-state index contributed by atoms with van der Waals surface area (Å²) in [7, 11) is 5.33. The van der Waals surface area contributed by atoms with Gasteiger partial charge < -0.3 is 19.9 Å². The zero-order valence-corrected chi connectivity index (χ0v) is 24.0. The topological polar surface area (TPSA) is 117 Å². The van der Waals surface area contributed by atoms with E-state index in [9.17, 15) is 14.4 Å². The van der Waals surface area contributed by atoms with Crippen molar-refractivity contribution in [3.05, 3.63) is 89.7 Å². The number of nitrogens with zero attached hydrogens (tertiary/aromatic N) is 5. The molecular weight excluding hydrogens is 532 g/mol. The number of rotatable bonds is 9. The lowest BCUT2D eigenvalue weighted by Crippen LogP contribution is -2.31. The summed E-state index contributed by atoms with van der Waals surface area (Å²) in [6, 6.07) is 18.2. The van der Waals surface area contributed by atoms with Crippen LogP contribution in [0.3, 0.4) is 0 Å². The van der Waals surface area contributed by atoms with Crippen molar-refractivity contribution in [2.24, 2.45) is 4.99 Å². The zero-order chi connectivity index (χ0) is 29.8. The van der Waals surface area contributed by atoms with Crippen LogP contribution >= 0.6 is 0 Å². The Kier molecular flexibility index (Phi) is 8.35. The molecule has 2 amide bonds. The molecule has 1 atom stereocenters. The van der Waals surface area contributed by atoms with Gasteiger partial charge >= 0.3 is 5.97 Å². The van der Waals surface area contributed by atoms with E-state index in [0.29, 0.717) is 34.8 Å². The minimum atomic E-state index is -0.724. The standard InChI is InChI=1S/C32H32N6O4/c1-20(39)38(15-5-14-37(2)3)26-11-9-25(10-12-26)35-30(21-6-7-23-18-33-34-19-24(23)16-21)29-27-13-8-22(32(41)42-4)17-28(27)36-31(29)40/h6-13,16-19,29H,5,14-15H2,1-4H3,(H,36,40). The van der Waals surface area contributed by atoms with Gasteiger partial charge in [-0.05, 0) is 80.7 Å². The molecule has 42 heavy (non-hydrogen) atoms. The highest BCUT2D eigenvalue weighted by Crippen LogP contribution is 2.37. The van der Waals surface area contributed by atoms with E-state index in [1.807, 2.05) is 56.6 Å². The quantitative estimate of drug-likeness (QED) is 0.234. The molecule has 10 heteroatoms. The molecule has 1 N–H and O–H groups in total. The van der Waals surface area contributed by atoms with Crippen molar-refractivity contribution in [2.75, 3.05) is 44.5 Å². The fourth-order valence-corrected chi connectivity index (χ4v) is 5.09. The Labute approximate surface area is 244 Å². The number of aromatic nitrogens is 2. The Bertz CT molecular complexity index is 1680. The first kappa shape index (κ1) is 28.6. The second kappa shape index (κ2) is 12.3. The van der Waals surface area contributed by atoms with Crippen molar-refractivity contribution < 1.29 is 19.1 Å². The van der Waals surface area contributed by atoms with Crippen molar-refractivity contribution >= 4 is 51.3 Å². The second-order valence-electron chi connectivity index (χ2n) is 10.4. The molecule has 0 saturated heterocycles. The molecular formula is C32H32N6O4. The minimum absolute atomic E-state index is 0.0319. The van der Waals surface area contributed by atoms with Crippen LogP contribution in [-0.4, -0.2) is 72.9 Å². The lowest BCUT2D eigenvalue weighted by Gasteiger charge is -2.22. The fourth-order valence-electron chi connectivity index (χ4n) is 5.09. The molecule has 5 rings (SSSR count). The number of hydrogen-bond donors (Lipinski definition) is 1. The lowest BCUT2D eigenvalue weighted by atomic mass is 9.89. The van der Waals surface area contributed by atoms with Crippen LogP contribution in [0.2, 0.25) is 0 Å². The maximum atomic E-state index is 13.4. The molecule has 4 aromatic rings. The van der Waals surface area contributed by atoms with Gasteiger partial charge in [0.05, 0.1) is 36.5 Å². The third kappa shape index (κ3) is 6.03. The van der Waals surface area contributed by atoms with Gasteiger partial charge in [-0.3, -0.25) is 14.6 Å². The second-order valence-corrected chi connectivity index (χ2v) is 10.4. The summed E-state index contributed by atoms with van der Waals surface area (Å²) in [5.41, 5.74) is 4.29. The van der Waals surface area contributed by atoms with E-state index in [-0.39, 0.29) is 11.8 Å². The van der Waals surface area contributed by atoms with E-state index < -0.39 is 11.9 Å². The van der Waals surface area contributed by atoms with E-state index in [1.54, 1.807) is 42.4 Å². The number of amides is 2. The Hall–Kier alpha value is -4.96. The Morgan fingerprint density at radius 2 is 1.64 bits per heavy atom. The summed E-state index contributed by atoms with van der Waals surface area (Å²) in [5, 5.41) is 12.6. The number of carbonyl (C=O) groups is 3. The van der Waals surface area contributed by atoms with Gasteiger partial charge in [0.1, 0.15) is 5.92 Å². The highest BCUT2D eigenvalue weighted by atomic mass is 16.5. The number of methoxy groups -OCH3 is 1. The summed E-state index contributed by atoms with van der Waals surface area (Å²) in [6.45, 7) is 3.04. The van der Waals surface area contributed by atoms with Crippen LogP contribution in [-0.2, 0) is 14.3 Å². The molecule has 2 heterocycles. The van der Waals surface area contributed by atoms with Crippen molar-refractivity contribution in [2.45, 2.75) is 19.3 Å². The van der Waals surface area contributed by atoms with Gasteiger partial charge in [0, 0.05) is 35.6 Å². The monoisotopic (exact) mass is 564 g/mol. The Morgan fingerprint density at radius 1 is 0.929 bits per heavy atom. The predicted octanol–water partition coefficient (Wildman–Crippen LogP) is 4.58. The maximum Gasteiger partial charge on any atom is 0.337 e. The van der Waals surface area contributed by atoms with Crippen LogP contribution in [0.25, 0.3) is 10.8 Å². The van der Waals surface area contributed by atoms with Crippen molar-refractivity contribution in [1.29, 1.82) is 0 Å². The van der Waals surface area contributed by atoms with Crippen LogP contribution in [0.15, 0.2) is 78.0 Å². The van der Waals surface area contributed by atoms with Gasteiger partial charge in [0.15, 0.2) is 0 Å². The number of ether oxygens (including phenoxy) is 1. The molecule has 1 aromatic heterocycles. The highest BCUT2D eigenvalue weighted by Gasteiger charge is 2.36. The predicted molar refractivity (Wildman–Crippen MR) is 163 cm³/mol. The molecule has 214 valence electrons. The number of nitrogens with one attached hydrogen (secondary N) is 1. The summed E-state index contributed by atoms with van der Waals surface area (Å²) in [6.07, 6.45) is 4.19. The molecule has 3 aromatic carbocycles. The first-order chi connectivity index (χ1) is 20.2. The van der Waals surface area contributed by atoms with Crippen molar-refractivity contribution in [3.63, 3.8) is 0 Å². The number of anilines is 2. The zero-order valence-electron chi connectivity index (χ0n) is 24.0. The lowest BCUT2D eigenvalue weighted by molar-refractivity contribution is -0.117. The average Bonchev–Trinajstić information content (AvgIpc) is 3.32. The summed E-state index contributed by atoms with van der Waals surface area (Å²) in [5.74, 6) is -1.49. The normalized spacial score (nSPS) is 14.5. The van der Waals surface area contributed by atoms with E-state index >= 15 is 0 Å². The van der Waals surface area contributed by atoms with Gasteiger partial charge in [-0.1, -0.05) is 18.2 Å². The van der Waals surface area contributed by atoms with Gasteiger partial charge in [-0.15, -0.1) is 0 Å². The van der Waals surface area contributed by atoms with E-state index in [1.165, 1.54) is 7.11 Å². The van der Waals surface area contributed by atoms with Gasteiger partial charge in [-0.2, -0.15) is 10.2 Å². The first-order valence-corrected chi connectivity index (χ1v) is 13.6. The number of fused-ring (bicyclic) bond motifs is 2.